The third kappa shape index (κ3) is 6.71. The molecular formula is C28H33FN6O4. The molecule has 2 N–H and O–H groups in total. The molecule has 1 unspecified atom stereocenters. The second-order valence-electron chi connectivity index (χ2n) is 10.3. The highest BCUT2D eigenvalue weighted by Crippen LogP contribution is 2.32. The number of anilines is 1. The van der Waals surface area contributed by atoms with E-state index in [4.69, 9.17) is 15.2 Å². The summed E-state index contributed by atoms with van der Waals surface area (Å²) in [5.41, 5.74) is 8.77. The largest absolute Gasteiger partial charge is 0.465 e. The van der Waals surface area contributed by atoms with Crippen LogP contribution in [0.15, 0.2) is 30.5 Å². The Morgan fingerprint density at radius 2 is 1.97 bits per heavy atom. The van der Waals surface area contributed by atoms with E-state index in [1.165, 1.54) is 34.9 Å². The SMILES string of the molecule is COC(=O)c1ccc(F)cc1C(C)Cc1cc(-c2c(CN(C)C(=O)OC(C)(C)C)nn(C)c2C#N)cnc1N. The van der Waals surface area contributed by atoms with Crippen molar-refractivity contribution in [3.05, 3.63) is 64.4 Å². The zero-order valence-electron chi connectivity index (χ0n) is 23.2. The normalized spacial score (nSPS) is 12.0. The summed E-state index contributed by atoms with van der Waals surface area (Å²) >= 11 is 0. The first-order valence-corrected chi connectivity index (χ1v) is 12.3. The minimum absolute atomic E-state index is 0.0850. The standard InChI is InChI=1S/C28H33FN6O4/c1-16(21-12-19(29)8-9-20(21)26(36)38-7)10-17-11-18(14-32-25(17)31)24-22(33-35(6)23(24)13-30)15-34(5)27(37)39-28(2,3)4/h8-9,11-12,14,16H,10,15H2,1-7H3,(H2,31,32). The Labute approximate surface area is 227 Å². The monoisotopic (exact) mass is 536 g/mol. The second-order valence-corrected chi connectivity index (χ2v) is 10.3. The maximum Gasteiger partial charge on any atom is 0.410 e. The number of amides is 1. The Hall–Kier alpha value is -4.46. The van der Waals surface area contributed by atoms with Gasteiger partial charge >= 0.3 is 12.1 Å². The van der Waals surface area contributed by atoms with Crippen LogP contribution in [0.1, 0.15) is 66.5 Å². The van der Waals surface area contributed by atoms with Crippen LogP contribution >= 0.6 is 0 Å². The number of nitriles is 1. The number of methoxy groups -OCH3 is 1. The molecule has 0 saturated carbocycles. The highest BCUT2D eigenvalue weighted by atomic mass is 19.1. The summed E-state index contributed by atoms with van der Waals surface area (Å²) in [6, 6.07) is 7.88. The third-order valence-electron chi connectivity index (χ3n) is 6.08. The number of carbonyl (C=O) groups is 2. The highest BCUT2D eigenvalue weighted by molar-refractivity contribution is 5.91. The molecule has 0 spiro atoms. The van der Waals surface area contributed by atoms with Crippen molar-refractivity contribution < 1.29 is 23.5 Å². The van der Waals surface area contributed by atoms with Crippen LogP contribution in [-0.2, 0) is 29.5 Å². The summed E-state index contributed by atoms with van der Waals surface area (Å²) in [6.07, 6.45) is 1.34. The van der Waals surface area contributed by atoms with Gasteiger partial charge < -0.3 is 20.1 Å². The first-order chi connectivity index (χ1) is 18.2. The number of nitrogen functional groups attached to an aromatic ring is 1. The third-order valence-corrected chi connectivity index (χ3v) is 6.08. The summed E-state index contributed by atoms with van der Waals surface area (Å²) in [7, 11) is 4.50. The van der Waals surface area contributed by atoms with E-state index in [2.05, 4.69) is 16.2 Å². The molecular weight excluding hydrogens is 503 g/mol. The molecule has 0 aliphatic carbocycles. The minimum Gasteiger partial charge on any atom is -0.465 e. The van der Waals surface area contributed by atoms with Crippen LogP contribution in [0, 0.1) is 17.1 Å². The van der Waals surface area contributed by atoms with Gasteiger partial charge in [-0.1, -0.05) is 6.92 Å². The van der Waals surface area contributed by atoms with Gasteiger partial charge in [0.25, 0.3) is 0 Å². The Kier molecular flexibility index (Phi) is 8.59. The maximum absolute atomic E-state index is 14.1. The zero-order chi connectivity index (χ0) is 29.1. The summed E-state index contributed by atoms with van der Waals surface area (Å²) in [5, 5.41) is 14.4. The number of esters is 1. The number of hydrogen-bond acceptors (Lipinski definition) is 8. The lowest BCUT2D eigenvalue weighted by Gasteiger charge is -2.24. The van der Waals surface area contributed by atoms with Crippen LogP contribution in [0.25, 0.3) is 11.1 Å². The Morgan fingerprint density at radius 1 is 1.28 bits per heavy atom. The van der Waals surface area contributed by atoms with Gasteiger partial charge in [-0.15, -0.1) is 0 Å². The van der Waals surface area contributed by atoms with E-state index in [9.17, 15) is 19.2 Å². The smallest absolute Gasteiger partial charge is 0.410 e. The number of rotatable bonds is 7. The van der Waals surface area contributed by atoms with Gasteiger partial charge in [-0.2, -0.15) is 10.4 Å². The average molecular weight is 537 g/mol. The highest BCUT2D eigenvalue weighted by Gasteiger charge is 2.25. The molecule has 11 heteroatoms. The minimum atomic E-state index is -0.669. The molecule has 0 saturated heterocycles. The van der Waals surface area contributed by atoms with E-state index in [0.717, 1.165) is 0 Å². The van der Waals surface area contributed by atoms with E-state index < -0.39 is 23.5 Å². The zero-order valence-corrected chi connectivity index (χ0v) is 23.2. The number of pyridine rings is 1. The quantitative estimate of drug-likeness (QED) is 0.434. The molecule has 1 atom stereocenters. The van der Waals surface area contributed by atoms with E-state index in [0.29, 0.717) is 34.4 Å². The van der Waals surface area contributed by atoms with Crippen LogP contribution in [0.5, 0.6) is 0 Å². The number of hydrogen-bond donors (Lipinski definition) is 1. The molecule has 10 nitrogen and oxygen atoms in total. The number of carbonyl (C=O) groups excluding carboxylic acids is 2. The van der Waals surface area contributed by atoms with Crippen LogP contribution in [0.3, 0.4) is 0 Å². The molecule has 206 valence electrons. The molecule has 2 aromatic heterocycles. The van der Waals surface area contributed by atoms with Crippen molar-refractivity contribution in [1.82, 2.24) is 19.7 Å². The van der Waals surface area contributed by atoms with E-state index in [1.54, 1.807) is 47.1 Å². The van der Waals surface area contributed by atoms with Crippen molar-refractivity contribution in [2.75, 3.05) is 19.9 Å². The van der Waals surface area contributed by atoms with Crippen LogP contribution in [-0.4, -0.2) is 51.5 Å². The molecule has 2 heterocycles. The molecule has 3 rings (SSSR count). The van der Waals surface area contributed by atoms with E-state index >= 15 is 0 Å². The van der Waals surface area contributed by atoms with Gasteiger partial charge in [0.1, 0.15) is 29.0 Å². The number of benzene rings is 1. The van der Waals surface area contributed by atoms with Gasteiger partial charge in [0.05, 0.1) is 24.9 Å². The first kappa shape index (κ1) is 29.1. The molecule has 0 radical (unpaired) electrons. The van der Waals surface area contributed by atoms with Crippen molar-refractivity contribution >= 4 is 17.9 Å². The lowest BCUT2D eigenvalue weighted by Crippen LogP contribution is -2.34. The number of aromatic nitrogens is 3. The van der Waals surface area contributed by atoms with Crippen molar-refractivity contribution in [3.8, 4) is 17.2 Å². The lowest BCUT2D eigenvalue weighted by atomic mass is 9.89. The summed E-state index contributed by atoms with van der Waals surface area (Å²) in [6.45, 7) is 7.26. The van der Waals surface area contributed by atoms with E-state index in [1.807, 2.05) is 6.92 Å². The summed E-state index contributed by atoms with van der Waals surface area (Å²) in [5.74, 6) is -1.10. The van der Waals surface area contributed by atoms with Crippen LogP contribution in [0.2, 0.25) is 0 Å². The molecule has 0 aliphatic rings. The topological polar surface area (TPSA) is 136 Å². The fourth-order valence-corrected chi connectivity index (χ4v) is 4.25. The molecule has 1 amide bonds. The number of nitrogens with zero attached hydrogens (tertiary/aromatic N) is 5. The Bertz CT molecular complexity index is 1440. The predicted molar refractivity (Wildman–Crippen MR) is 143 cm³/mol. The Morgan fingerprint density at radius 3 is 2.59 bits per heavy atom. The molecule has 39 heavy (non-hydrogen) atoms. The number of nitrogens with two attached hydrogens (primary N) is 1. The Balaban J connectivity index is 2.00. The average Bonchev–Trinajstić information content (AvgIpc) is 3.18. The molecule has 0 aliphatic heterocycles. The molecule has 3 aromatic rings. The van der Waals surface area contributed by atoms with Gasteiger partial charge in [-0.25, -0.2) is 19.0 Å². The fraction of sp³-hybridized carbons (Fsp3) is 0.393. The first-order valence-electron chi connectivity index (χ1n) is 12.3. The molecule has 0 bridgehead atoms. The molecule has 0 fully saturated rings. The van der Waals surface area contributed by atoms with Crippen molar-refractivity contribution in [2.24, 2.45) is 7.05 Å². The van der Waals surface area contributed by atoms with E-state index in [-0.39, 0.29) is 29.5 Å². The van der Waals surface area contributed by atoms with Gasteiger partial charge in [0.15, 0.2) is 0 Å². The van der Waals surface area contributed by atoms with Crippen LogP contribution < -0.4 is 5.73 Å². The number of halogens is 1. The summed E-state index contributed by atoms with van der Waals surface area (Å²) in [4.78, 5) is 30.6. The number of ether oxygens (including phenoxy) is 2. The predicted octanol–water partition coefficient (Wildman–Crippen LogP) is 4.57. The van der Waals surface area contributed by atoms with Crippen molar-refractivity contribution in [2.45, 2.75) is 52.2 Å². The van der Waals surface area contributed by atoms with Gasteiger partial charge in [-0.05, 0) is 68.5 Å². The van der Waals surface area contributed by atoms with Crippen molar-refractivity contribution in [1.29, 1.82) is 5.26 Å². The van der Waals surface area contributed by atoms with Crippen molar-refractivity contribution in [3.63, 3.8) is 0 Å². The fourth-order valence-electron chi connectivity index (χ4n) is 4.25. The van der Waals surface area contributed by atoms with Gasteiger partial charge in [-0.3, -0.25) is 4.68 Å². The van der Waals surface area contributed by atoms with Gasteiger partial charge in [0.2, 0.25) is 0 Å². The van der Waals surface area contributed by atoms with Gasteiger partial charge in [0, 0.05) is 31.4 Å². The molecule has 1 aromatic carbocycles. The second kappa shape index (κ2) is 11.5. The maximum atomic E-state index is 14.1. The van der Waals surface area contributed by atoms with Crippen LogP contribution in [0.4, 0.5) is 15.0 Å². The summed E-state index contributed by atoms with van der Waals surface area (Å²) < 4.78 is 25.8. The lowest BCUT2D eigenvalue weighted by molar-refractivity contribution is 0.0283. The number of aryl methyl sites for hydroxylation is 1.